The Morgan fingerprint density at radius 3 is 2.67 bits per heavy atom. The van der Waals surface area contributed by atoms with Crippen LogP contribution in [0.1, 0.15) is 26.2 Å². The summed E-state index contributed by atoms with van der Waals surface area (Å²) in [6.45, 7) is 4.22. The van der Waals surface area contributed by atoms with E-state index in [-0.39, 0.29) is 16.0 Å². The normalized spacial score (nSPS) is 17.3. The molecule has 1 heterocycles. The molecule has 1 aliphatic rings. The summed E-state index contributed by atoms with van der Waals surface area (Å²) in [5, 5.41) is 3.54. The van der Waals surface area contributed by atoms with Crippen molar-refractivity contribution in [1.29, 1.82) is 0 Å². The number of benzene rings is 1. The topological polar surface area (TPSA) is 49.4 Å². The number of hydrogen-bond acceptors (Lipinski definition) is 3. The zero-order valence-electron chi connectivity index (χ0n) is 12.0. The van der Waals surface area contributed by atoms with Crippen molar-refractivity contribution in [2.75, 3.05) is 19.6 Å². The van der Waals surface area contributed by atoms with Gasteiger partial charge >= 0.3 is 0 Å². The van der Waals surface area contributed by atoms with E-state index < -0.39 is 10.0 Å². The second-order valence-corrected chi connectivity index (χ2v) is 8.35. The third-order valence-corrected chi connectivity index (χ3v) is 6.57. The fourth-order valence-corrected chi connectivity index (χ4v) is 5.41. The van der Waals surface area contributed by atoms with Gasteiger partial charge in [0, 0.05) is 17.1 Å². The van der Waals surface area contributed by atoms with Gasteiger partial charge < -0.3 is 5.32 Å². The van der Waals surface area contributed by atoms with E-state index in [0.29, 0.717) is 11.0 Å². The number of rotatable bonds is 5. The first-order chi connectivity index (χ1) is 9.96. The lowest BCUT2D eigenvalue weighted by atomic mass is 10.1. The molecule has 1 N–H and O–H groups in total. The molecule has 0 amide bonds. The second kappa shape index (κ2) is 7.42. The van der Waals surface area contributed by atoms with Gasteiger partial charge in [0.05, 0.1) is 5.02 Å². The molecule has 2 rings (SSSR count). The highest BCUT2D eigenvalue weighted by Gasteiger charge is 2.33. The summed E-state index contributed by atoms with van der Waals surface area (Å²) in [5.41, 5.74) is 0. The number of sulfonamides is 1. The molecular formula is C14H20BrClN2O2S. The first-order valence-electron chi connectivity index (χ1n) is 7.14. The average Bonchev–Trinajstić information content (AvgIpc) is 2.48. The summed E-state index contributed by atoms with van der Waals surface area (Å²) in [5.74, 6) is 0. The molecule has 0 atom stereocenters. The Morgan fingerprint density at radius 2 is 2.05 bits per heavy atom. The summed E-state index contributed by atoms with van der Waals surface area (Å²) in [6, 6.07) is 4.99. The first kappa shape index (κ1) is 17.2. The van der Waals surface area contributed by atoms with Crippen LogP contribution in [-0.4, -0.2) is 38.4 Å². The minimum Gasteiger partial charge on any atom is -0.317 e. The molecule has 1 fully saturated rings. The van der Waals surface area contributed by atoms with Gasteiger partial charge in [-0.2, -0.15) is 4.31 Å². The van der Waals surface area contributed by atoms with Gasteiger partial charge in [-0.15, -0.1) is 0 Å². The number of nitrogens with zero attached hydrogens (tertiary/aromatic N) is 1. The van der Waals surface area contributed by atoms with E-state index in [0.717, 1.165) is 32.4 Å². The lowest BCUT2D eigenvalue weighted by Gasteiger charge is -2.33. The number of hydrogen-bond donors (Lipinski definition) is 1. The van der Waals surface area contributed by atoms with E-state index >= 15 is 0 Å². The Hall–Kier alpha value is -0.140. The molecule has 0 unspecified atom stereocenters. The molecular weight excluding hydrogens is 376 g/mol. The van der Waals surface area contributed by atoms with E-state index in [1.165, 1.54) is 0 Å². The van der Waals surface area contributed by atoms with E-state index in [9.17, 15) is 8.42 Å². The SMILES string of the molecule is CCCN(C1CCNCC1)S(=O)(=O)c1cc(Br)ccc1Cl. The molecule has 118 valence electrons. The molecule has 0 aliphatic carbocycles. The molecule has 0 radical (unpaired) electrons. The van der Waals surface area contributed by atoms with Crippen LogP contribution in [-0.2, 0) is 10.0 Å². The van der Waals surface area contributed by atoms with Gasteiger partial charge in [-0.05, 0) is 50.6 Å². The maximum atomic E-state index is 13.0. The number of halogens is 2. The van der Waals surface area contributed by atoms with Crippen molar-refractivity contribution in [3.63, 3.8) is 0 Å². The van der Waals surface area contributed by atoms with Crippen molar-refractivity contribution >= 4 is 37.6 Å². The van der Waals surface area contributed by atoms with Crippen LogP contribution in [0.4, 0.5) is 0 Å². The Balaban J connectivity index is 2.39. The van der Waals surface area contributed by atoms with Crippen LogP contribution in [0.2, 0.25) is 5.02 Å². The zero-order chi connectivity index (χ0) is 15.5. The van der Waals surface area contributed by atoms with Crippen molar-refractivity contribution < 1.29 is 8.42 Å². The first-order valence-corrected chi connectivity index (χ1v) is 9.75. The van der Waals surface area contributed by atoms with E-state index in [1.54, 1.807) is 22.5 Å². The van der Waals surface area contributed by atoms with Crippen molar-refractivity contribution in [2.24, 2.45) is 0 Å². The molecule has 0 spiro atoms. The Labute approximate surface area is 140 Å². The molecule has 0 bridgehead atoms. The Bertz CT molecular complexity index is 589. The fourth-order valence-electron chi connectivity index (χ4n) is 2.62. The minimum atomic E-state index is -3.57. The predicted octanol–water partition coefficient (Wildman–Crippen LogP) is 3.26. The Kier molecular flexibility index (Phi) is 6.08. The van der Waals surface area contributed by atoms with Crippen LogP contribution >= 0.6 is 27.5 Å². The summed E-state index contributed by atoms with van der Waals surface area (Å²) >= 11 is 9.45. The summed E-state index contributed by atoms with van der Waals surface area (Å²) in [6.07, 6.45) is 2.46. The van der Waals surface area contributed by atoms with Gasteiger partial charge in [-0.25, -0.2) is 8.42 Å². The van der Waals surface area contributed by atoms with Crippen LogP contribution in [0.5, 0.6) is 0 Å². The van der Waals surface area contributed by atoms with Crippen LogP contribution < -0.4 is 5.32 Å². The second-order valence-electron chi connectivity index (χ2n) is 5.17. The Morgan fingerprint density at radius 1 is 1.38 bits per heavy atom. The molecule has 1 aromatic carbocycles. The number of piperidine rings is 1. The largest absolute Gasteiger partial charge is 0.317 e. The lowest BCUT2D eigenvalue weighted by Crippen LogP contribution is -2.46. The van der Waals surface area contributed by atoms with E-state index in [4.69, 9.17) is 11.6 Å². The fraction of sp³-hybridized carbons (Fsp3) is 0.571. The van der Waals surface area contributed by atoms with Crippen molar-refractivity contribution in [1.82, 2.24) is 9.62 Å². The van der Waals surface area contributed by atoms with Crippen LogP contribution in [0.15, 0.2) is 27.6 Å². The zero-order valence-corrected chi connectivity index (χ0v) is 15.1. The average molecular weight is 396 g/mol. The van der Waals surface area contributed by atoms with Gasteiger partial charge in [-0.3, -0.25) is 0 Å². The van der Waals surface area contributed by atoms with Crippen molar-refractivity contribution in [3.05, 3.63) is 27.7 Å². The molecule has 0 saturated carbocycles. The van der Waals surface area contributed by atoms with Crippen molar-refractivity contribution in [3.8, 4) is 0 Å². The molecule has 1 aliphatic heterocycles. The quantitative estimate of drug-likeness (QED) is 0.832. The molecule has 7 heteroatoms. The third kappa shape index (κ3) is 3.99. The molecule has 21 heavy (non-hydrogen) atoms. The van der Waals surface area contributed by atoms with Crippen molar-refractivity contribution in [2.45, 2.75) is 37.1 Å². The standard InChI is InChI=1S/C14H20BrClN2O2S/c1-2-9-18(12-5-7-17-8-6-12)21(19,20)14-10-11(15)3-4-13(14)16/h3-4,10,12,17H,2,5-9H2,1H3. The third-order valence-electron chi connectivity index (χ3n) is 3.64. The monoisotopic (exact) mass is 394 g/mol. The van der Waals surface area contributed by atoms with Gasteiger partial charge in [0.1, 0.15) is 4.90 Å². The molecule has 4 nitrogen and oxygen atoms in total. The smallest absolute Gasteiger partial charge is 0.244 e. The molecule has 1 aromatic rings. The van der Waals surface area contributed by atoms with Crippen LogP contribution in [0.3, 0.4) is 0 Å². The number of nitrogens with one attached hydrogen (secondary N) is 1. The maximum Gasteiger partial charge on any atom is 0.244 e. The summed E-state index contributed by atoms with van der Waals surface area (Å²) in [7, 11) is -3.57. The maximum absolute atomic E-state index is 13.0. The summed E-state index contributed by atoms with van der Waals surface area (Å²) < 4.78 is 28.3. The molecule has 0 aromatic heterocycles. The highest BCUT2D eigenvalue weighted by atomic mass is 79.9. The van der Waals surface area contributed by atoms with E-state index in [2.05, 4.69) is 21.2 Å². The van der Waals surface area contributed by atoms with Gasteiger partial charge in [0.15, 0.2) is 0 Å². The highest BCUT2D eigenvalue weighted by Crippen LogP contribution is 2.30. The highest BCUT2D eigenvalue weighted by molar-refractivity contribution is 9.10. The predicted molar refractivity (Wildman–Crippen MR) is 89.2 cm³/mol. The van der Waals surface area contributed by atoms with Gasteiger partial charge in [-0.1, -0.05) is 34.5 Å². The van der Waals surface area contributed by atoms with Crippen LogP contribution in [0, 0.1) is 0 Å². The molecule has 1 saturated heterocycles. The van der Waals surface area contributed by atoms with Crippen LogP contribution in [0.25, 0.3) is 0 Å². The summed E-state index contributed by atoms with van der Waals surface area (Å²) in [4.78, 5) is 0.186. The lowest BCUT2D eigenvalue weighted by molar-refractivity contribution is 0.262. The van der Waals surface area contributed by atoms with Gasteiger partial charge in [0.2, 0.25) is 10.0 Å². The minimum absolute atomic E-state index is 0.0475. The van der Waals surface area contributed by atoms with Gasteiger partial charge in [0.25, 0.3) is 0 Å². The van der Waals surface area contributed by atoms with E-state index in [1.807, 2.05) is 6.92 Å².